The molecule has 0 bridgehead atoms. The van der Waals surface area contributed by atoms with Gasteiger partial charge in [-0.15, -0.1) is 0 Å². The van der Waals surface area contributed by atoms with E-state index in [1.165, 1.54) is 30.1 Å². The van der Waals surface area contributed by atoms with Crippen molar-refractivity contribution in [3.05, 3.63) is 135 Å². The molecule has 0 radical (unpaired) electrons. The van der Waals surface area contributed by atoms with Crippen LogP contribution in [0.1, 0.15) is 22.3 Å². The van der Waals surface area contributed by atoms with E-state index in [4.69, 9.17) is 23.9 Å². The molecule has 11 heteroatoms. The number of rotatable bonds is 9. The number of ether oxygens (including phenoxy) is 4. The van der Waals surface area contributed by atoms with Crippen LogP contribution in [0.5, 0.6) is 0 Å². The molecule has 0 unspecified atom stereocenters. The molecule has 0 aromatic heterocycles. The summed E-state index contributed by atoms with van der Waals surface area (Å²) in [6.07, 6.45) is -4.77. The number of fused-ring (bicyclic) bond motifs is 1. The summed E-state index contributed by atoms with van der Waals surface area (Å²) in [5.41, 5.74) is 1.03. The highest BCUT2D eigenvalue weighted by Gasteiger charge is 2.54. The molecule has 242 valence electrons. The van der Waals surface area contributed by atoms with E-state index in [2.05, 4.69) is 28.7 Å². The summed E-state index contributed by atoms with van der Waals surface area (Å²) in [5.74, 6) is -1.61. The van der Waals surface area contributed by atoms with Crippen LogP contribution in [-0.4, -0.2) is 48.4 Å². The van der Waals surface area contributed by atoms with Crippen LogP contribution in [0.3, 0.4) is 0 Å². The molecule has 0 saturated carbocycles. The van der Waals surface area contributed by atoms with E-state index < -0.39 is 47.3 Å². The van der Waals surface area contributed by atoms with Gasteiger partial charge in [-0.2, -0.15) is 18.4 Å². The summed E-state index contributed by atoms with van der Waals surface area (Å²) >= 11 is 3.70. The van der Waals surface area contributed by atoms with E-state index in [9.17, 15) is 18.4 Å². The first kappa shape index (κ1) is 33.6. The lowest BCUT2D eigenvalue weighted by Crippen LogP contribution is -2.64. The Morgan fingerprint density at radius 1 is 0.957 bits per heavy atom. The molecule has 4 aromatic rings. The number of nitriles is 1. The van der Waals surface area contributed by atoms with Gasteiger partial charge in [0.25, 0.3) is 5.79 Å². The van der Waals surface area contributed by atoms with Gasteiger partial charge in [0, 0.05) is 21.1 Å². The second kappa shape index (κ2) is 14.9. The molecule has 2 fully saturated rings. The molecule has 6 atom stereocenters. The van der Waals surface area contributed by atoms with Crippen molar-refractivity contribution in [2.75, 3.05) is 6.61 Å². The zero-order valence-corrected chi connectivity index (χ0v) is 27.9. The molecule has 47 heavy (non-hydrogen) atoms. The van der Waals surface area contributed by atoms with Crippen molar-refractivity contribution < 1.29 is 32.1 Å². The second-order valence-corrected chi connectivity index (χ2v) is 13.5. The third kappa shape index (κ3) is 8.25. The first-order valence-electron chi connectivity index (χ1n) is 14.9. The molecule has 0 amide bonds. The fraction of sp³-hybridized carbons (Fsp3) is 0.278. The molecule has 2 aliphatic heterocycles. The SMILES string of the molecule is N#C[C@@]1(Cc2ccccc2I)OC[C@H]2O[C@H](Sc3ccccc3)[C@@H](OCc3ccccc3)[C@@H](N=Cc3ccc(C(F)(F)F)cc3)[C@@H]2O1. The van der Waals surface area contributed by atoms with Crippen molar-refractivity contribution in [1.29, 1.82) is 5.26 Å². The smallest absolute Gasteiger partial charge is 0.368 e. The van der Waals surface area contributed by atoms with Crippen molar-refractivity contribution in [3.63, 3.8) is 0 Å². The fourth-order valence-corrected chi connectivity index (χ4v) is 7.23. The highest BCUT2D eigenvalue weighted by Crippen LogP contribution is 2.42. The Bertz CT molecular complexity index is 1710. The molecular weight excluding hydrogens is 740 g/mol. The van der Waals surface area contributed by atoms with Crippen molar-refractivity contribution in [2.45, 2.75) is 59.7 Å². The number of aliphatic imine (C=N–C) groups is 1. The van der Waals surface area contributed by atoms with Crippen LogP contribution in [0.4, 0.5) is 13.2 Å². The fourth-order valence-electron chi connectivity index (χ4n) is 5.50. The van der Waals surface area contributed by atoms with Gasteiger partial charge in [0.05, 0.1) is 18.8 Å². The van der Waals surface area contributed by atoms with E-state index in [1.807, 2.05) is 84.9 Å². The van der Waals surface area contributed by atoms with Crippen molar-refractivity contribution in [1.82, 2.24) is 0 Å². The molecule has 2 aliphatic rings. The Morgan fingerprint density at radius 3 is 2.32 bits per heavy atom. The van der Waals surface area contributed by atoms with Crippen LogP contribution in [0.15, 0.2) is 119 Å². The third-order valence-corrected chi connectivity index (χ3v) is 10.1. The average molecular weight is 771 g/mol. The predicted octanol–water partition coefficient (Wildman–Crippen LogP) is 8.08. The Hall–Kier alpha value is -3.25. The van der Waals surface area contributed by atoms with Gasteiger partial charge in [-0.05, 0) is 69.6 Å². The van der Waals surface area contributed by atoms with Crippen LogP contribution in [0, 0.1) is 14.9 Å². The molecule has 0 N–H and O–H groups in total. The van der Waals surface area contributed by atoms with Crippen LogP contribution in [0.2, 0.25) is 0 Å². The number of hydrogen-bond acceptors (Lipinski definition) is 7. The topological polar surface area (TPSA) is 73.1 Å². The summed E-state index contributed by atoms with van der Waals surface area (Å²) in [4.78, 5) is 5.88. The predicted molar refractivity (Wildman–Crippen MR) is 181 cm³/mol. The molecule has 2 saturated heterocycles. The van der Waals surface area contributed by atoms with Crippen LogP contribution >= 0.6 is 34.4 Å². The Balaban J connectivity index is 1.36. The summed E-state index contributed by atoms with van der Waals surface area (Å²) in [6.45, 7) is 0.331. The Morgan fingerprint density at radius 2 is 1.64 bits per heavy atom. The van der Waals surface area contributed by atoms with Crippen molar-refractivity contribution in [3.8, 4) is 6.07 Å². The quantitative estimate of drug-likeness (QED) is 0.127. The Labute approximate surface area is 289 Å². The van der Waals surface area contributed by atoms with E-state index >= 15 is 0 Å². The van der Waals surface area contributed by atoms with Crippen molar-refractivity contribution in [2.24, 2.45) is 4.99 Å². The number of benzene rings is 4. The van der Waals surface area contributed by atoms with E-state index in [1.54, 1.807) is 0 Å². The van der Waals surface area contributed by atoms with Crippen LogP contribution in [0.25, 0.3) is 0 Å². The maximum Gasteiger partial charge on any atom is 0.416 e. The molecule has 6 rings (SSSR count). The summed E-state index contributed by atoms with van der Waals surface area (Å²) in [7, 11) is 0. The van der Waals surface area contributed by atoms with Gasteiger partial charge < -0.3 is 18.9 Å². The molecular formula is C36H30F3IN2O4S. The maximum atomic E-state index is 13.2. The zero-order valence-electron chi connectivity index (χ0n) is 24.9. The van der Waals surface area contributed by atoms with Gasteiger partial charge in [-0.1, -0.05) is 90.6 Å². The minimum Gasteiger partial charge on any atom is -0.368 e. The summed E-state index contributed by atoms with van der Waals surface area (Å²) in [5, 5.41) is 10.4. The molecule has 6 nitrogen and oxygen atoms in total. The standard InChI is InChI=1S/C36H30F3IN2O4S/c37-36(38,39)27-17-15-24(16-18-27)20-42-31-32-30(22-44-35(23-41,46-32)19-26-11-7-8-14-29(26)40)45-34(47-28-12-5-2-6-13-28)33(31)43-21-25-9-3-1-4-10-25/h1-18,20,30-34H,19,21-22H2/t30-,31+,32-,33+,34-,35+/m1/s1. The minimum atomic E-state index is -4.45. The highest BCUT2D eigenvalue weighted by atomic mass is 127. The van der Waals surface area contributed by atoms with Gasteiger partial charge in [-0.25, -0.2) is 0 Å². The van der Waals surface area contributed by atoms with Gasteiger partial charge >= 0.3 is 6.18 Å². The molecule has 4 aromatic carbocycles. The first-order chi connectivity index (χ1) is 22.7. The van der Waals surface area contributed by atoms with Gasteiger partial charge in [0.15, 0.2) is 0 Å². The lowest BCUT2D eigenvalue weighted by molar-refractivity contribution is -0.326. The summed E-state index contributed by atoms with van der Waals surface area (Å²) in [6, 6.07) is 33.5. The second-order valence-electron chi connectivity index (χ2n) is 11.1. The molecule has 2 heterocycles. The maximum absolute atomic E-state index is 13.2. The van der Waals surface area contributed by atoms with E-state index in [0.29, 0.717) is 5.56 Å². The Kier molecular flexibility index (Phi) is 10.7. The monoisotopic (exact) mass is 770 g/mol. The number of hydrogen-bond donors (Lipinski definition) is 0. The first-order valence-corrected chi connectivity index (χ1v) is 16.9. The largest absolute Gasteiger partial charge is 0.416 e. The minimum absolute atomic E-state index is 0.0746. The normalized spacial score (nSPS) is 26.1. The number of halogens is 4. The average Bonchev–Trinajstić information content (AvgIpc) is 3.08. The van der Waals surface area contributed by atoms with E-state index in [-0.39, 0.29) is 19.6 Å². The van der Waals surface area contributed by atoms with Crippen LogP contribution in [-0.2, 0) is 38.2 Å². The lowest BCUT2D eigenvalue weighted by atomic mass is 9.94. The van der Waals surface area contributed by atoms with Gasteiger partial charge in [0.1, 0.15) is 35.9 Å². The van der Waals surface area contributed by atoms with Crippen molar-refractivity contribution >= 4 is 40.6 Å². The third-order valence-electron chi connectivity index (χ3n) is 7.89. The van der Waals surface area contributed by atoms with Crippen LogP contribution < -0.4 is 0 Å². The lowest BCUT2D eigenvalue weighted by Gasteiger charge is -2.50. The number of nitrogens with zero attached hydrogens (tertiary/aromatic N) is 2. The molecule has 0 spiro atoms. The zero-order chi connectivity index (χ0) is 32.9. The number of thioether (sulfide) groups is 1. The highest BCUT2D eigenvalue weighted by molar-refractivity contribution is 14.1. The molecule has 0 aliphatic carbocycles. The summed E-state index contributed by atoms with van der Waals surface area (Å²) < 4.78 is 66.6. The van der Waals surface area contributed by atoms with Gasteiger partial charge in [-0.3, -0.25) is 4.99 Å². The number of alkyl halides is 3. The van der Waals surface area contributed by atoms with E-state index in [0.717, 1.165) is 31.7 Å². The van der Waals surface area contributed by atoms with Gasteiger partial charge in [0.2, 0.25) is 0 Å².